The Hall–Kier alpha value is -0.110. The van der Waals surface area contributed by atoms with Gasteiger partial charge in [0.05, 0.1) is 6.61 Å². The molecule has 1 fully saturated rings. The Morgan fingerprint density at radius 3 is 2.56 bits per heavy atom. The van der Waals surface area contributed by atoms with Gasteiger partial charge in [-0.25, -0.2) is 0 Å². The molecule has 0 bridgehead atoms. The van der Waals surface area contributed by atoms with Crippen molar-refractivity contribution in [2.75, 3.05) is 6.61 Å². The number of hydrogen-bond acceptors (Lipinski definition) is 2. The van der Waals surface area contributed by atoms with Crippen molar-refractivity contribution in [1.29, 1.82) is 0 Å². The van der Waals surface area contributed by atoms with Crippen LogP contribution in [-0.4, -0.2) is 11.7 Å². The molecule has 0 aromatic carbocycles. The van der Waals surface area contributed by atoms with Gasteiger partial charge in [0.2, 0.25) is 0 Å². The zero-order valence-corrected chi connectivity index (χ0v) is 6.75. The first kappa shape index (κ1) is 7.00. The molecule has 0 radical (unpaired) electrons. The lowest BCUT2D eigenvalue weighted by molar-refractivity contribution is 0.175. The van der Waals surface area contributed by atoms with Crippen molar-refractivity contribution in [3.8, 4) is 0 Å². The zero-order chi connectivity index (χ0) is 6.91. The van der Waals surface area contributed by atoms with Crippen LogP contribution in [0.1, 0.15) is 26.7 Å². The molecular weight excluding hydrogens is 132 g/mol. The van der Waals surface area contributed by atoms with Gasteiger partial charge in [-0.2, -0.15) is 0 Å². The molecule has 0 aromatic heterocycles. The molecule has 0 N–H and O–H groups in total. The second-order valence-corrected chi connectivity index (χ2v) is 3.77. The van der Waals surface area contributed by atoms with Crippen molar-refractivity contribution in [1.82, 2.24) is 0 Å². The van der Waals surface area contributed by atoms with Gasteiger partial charge in [-0.1, -0.05) is 13.8 Å². The van der Waals surface area contributed by atoms with Crippen molar-refractivity contribution < 1.29 is 4.74 Å². The van der Waals surface area contributed by atoms with E-state index in [1.165, 1.54) is 0 Å². The highest BCUT2D eigenvalue weighted by atomic mass is 32.1. The number of hydrogen-bond donors (Lipinski definition) is 0. The van der Waals surface area contributed by atoms with E-state index in [1.807, 2.05) is 0 Å². The molecule has 0 unspecified atom stereocenters. The second kappa shape index (κ2) is 2.25. The van der Waals surface area contributed by atoms with Crippen LogP contribution in [0, 0.1) is 5.41 Å². The van der Waals surface area contributed by atoms with E-state index in [2.05, 4.69) is 13.8 Å². The summed E-state index contributed by atoms with van der Waals surface area (Å²) in [4.78, 5) is 0. The Labute approximate surface area is 61.4 Å². The van der Waals surface area contributed by atoms with E-state index in [4.69, 9.17) is 17.0 Å². The Morgan fingerprint density at radius 2 is 2.22 bits per heavy atom. The number of thiocarbonyl (C=S) groups is 1. The molecule has 0 amide bonds. The quantitative estimate of drug-likeness (QED) is 0.482. The van der Waals surface area contributed by atoms with E-state index < -0.39 is 0 Å². The molecule has 1 aliphatic heterocycles. The van der Waals surface area contributed by atoms with Crippen LogP contribution in [0.25, 0.3) is 0 Å². The van der Waals surface area contributed by atoms with E-state index in [9.17, 15) is 0 Å². The average molecular weight is 144 g/mol. The Balaban J connectivity index is 2.51. The minimum absolute atomic E-state index is 0.384. The van der Waals surface area contributed by atoms with E-state index in [0.717, 1.165) is 24.5 Å². The summed E-state index contributed by atoms with van der Waals surface area (Å²) >= 11 is 4.93. The molecule has 0 atom stereocenters. The van der Waals surface area contributed by atoms with Crippen molar-refractivity contribution >= 4 is 17.3 Å². The molecule has 0 saturated carbocycles. The second-order valence-electron chi connectivity index (χ2n) is 3.31. The highest BCUT2D eigenvalue weighted by Gasteiger charge is 2.24. The summed E-state index contributed by atoms with van der Waals surface area (Å²) < 4.78 is 5.14. The lowest BCUT2D eigenvalue weighted by Crippen LogP contribution is -2.25. The Morgan fingerprint density at radius 1 is 1.56 bits per heavy atom. The topological polar surface area (TPSA) is 9.23 Å². The van der Waals surface area contributed by atoms with Crippen LogP contribution in [0.5, 0.6) is 0 Å². The third kappa shape index (κ3) is 1.94. The van der Waals surface area contributed by atoms with Gasteiger partial charge >= 0.3 is 0 Å². The first-order valence-electron chi connectivity index (χ1n) is 3.26. The van der Waals surface area contributed by atoms with Crippen LogP contribution in [0.15, 0.2) is 0 Å². The average Bonchev–Trinajstić information content (AvgIpc) is 1.60. The van der Waals surface area contributed by atoms with Crippen LogP contribution in [0.4, 0.5) is 0 Å². The van der Waals surface area contributed by atoms with Gasteiger partial charge in [-0.05, 0) is 24.1 Å². The number of ether oxygens (including phenoxy) is 1. The van der Waals surface area contributed by atoms with E-state index >= 15 is 0 Å². The Bertz CT molecular complexity index is 129. The molecule has 52 valence electrons. The minimum Gasteiger partial charge on any atom is -0.487 e. The van der Waals surface area contributed by atoms with Crippen molar-refractivity contribution in [3.63, 3.8) is 0 Å². The minimum atomic E-state index is 0.384. The Kier molecular flexibility index (Phi) is 1.75. The van der Waals surface area contributed by atoms with Gasteiger partial charge in [0.15, 0.2) is 5.05 Å². The van der Waals surface area contributed by atoms with Crippen LogP contribution >= 0.6 is 12.2 Å². The van der Waals surface area contributed by atoms with E-state index in [0.29, 0.717) is 5.41 Å². The van der Waals surface area contributed by atoms with Crippen molar-refractivity contribution in [2.24, 2.45) is 5.41 Å². The fourth-order valence-corrected chi connectivity index (χ4v) is 1.45. The maximum atomic E-state index is 5.14. The molecule has 0 aromatic rings. The maximum absolute atomic E-state index is 5.14. The fourth-order valence-electron chi connectivity index (χ4n) is 0.971. The lowest BCUT2D eigenvalue weighted by atomic mass is 9.85. The summed E-state index contributed by atoms with van der Waals surface area (Å²) in [5, 5.41) is 0.784. The lowest BCUT2D eigenvalue weighted by Gasteiger charge is -2.29. The van der Waals surface area contributed by atoms with Crippen LogP contribution in [0.3, 0.4) is 0 Å². The number of rotatable bonds is 0. The summed E-state index contributed by atoms with van der Waals surface area (Å²) in [5.41, 5.74) is 0.384. The molecule has 1 rings (SSSR count). The highest BCUT2D eigenvalue weighted by Crippen LogP contribution is 2.29. The zero-order valence-electron chi connectivity index (χ0n) is 5.94. The first-order valence-corrected chi connectivity index (χ1v) is 3.67. The summed E-state index contributed by atoms with van der Waals surface area (Å²) in [6.07, 6.45) is 2.08. The molecule has 1 nitrogen and oxygen atoms in total. The van der Waals surface area contributed by atoms with Gasteiger partial charge in [-0.3, -0.25) is 0 Å². The van der Waals surface area contributed by atoms with E-state index in [-0.39, 0.29) is 0 Å². The predicted octanol–water partition coefficient (Wildman–Crippen LogP) is 2.15. The van der Waals surface area contributed by atoms with Crippen LogP contribution in [-0.2, 0) is 4.74 Å². The molecule has 1 saturated heterocycles. The predicted molar refractivity (Wildman–Crippen MR) is 41.6 cm³/mol. The summed E-state index contributed by atoms with van der Waals surface area (Å²) in [5.74, 6) is 0. The highest BCUT2D eigenvalue weighted by molar-refractivity contribution is 7.80. The molecule has 2 heteroatoms. The molecule has 1 heterocycles. The summed E-state index contributed by atoms with van der Waals surface area (Å²) in [6.45, 7) is 5.26. The SMILES string of the molecule is CC1(C)CCOC(=S)C1. The van der Waals surface area contributed by atoms with Gasteiger partial charge in [0, 0.05) is 6.42 Å². The molecule has 9 heavy (non-hydrogen) atoms. The smallest absolute Gasteiger partial charge is 0.160 e. The molecule has 0 spiro atoms. The third-order valence-corrected chi connectivity index (χ3v) is 1.93. The normalized spacial score (nSPS) is 25.3. The first-order chi connectivity index (χ1) is 4.10. The van der Waals surface area contributed by atoms with E-state index in [1.54, 1.807) is 0 Å². The van der Waals surface area contributed by atoms with Gasteiger partial charge in [-0.15, -0.1) is 0 Å². The van der Waals surface area contributed by atoms with Gasteiger partial charge < -0.3 is 4.74 Å². The monoisotopic (exact) mass is 144 g/mol. The van der Waals surface area contributed by atoms with Crippen LogP contribution in [0.2, 0.25) is 0 Å². The molecular formula is C7H12OS. The molecule has 0 aliphatic carbocycles. The fraction of sp³-hybridized carbons (Fsp3) is 0.857. The van der Waals surface area contributed by atoms with Crippen molar-refractivity contribution in [3.05, 3.63) is 0 Å². The standard InChI is InChI=1S/C7H12OS/c1-7(2)3-4-8-6(9)5-7/h3-5H2,1-2H3. The largest absolute Gasteiger partial charge is 0.487 e. The van der Waals surface area contributed by atoms with Crippen molar-refractivity contribution in [2.45, 2.75) is 26.7 Å². The van der Waals surface area contributed by atoms with Crippen LogP contribution < -0.4 is 0 Å². The van der Waals surface area contributed by atoms with Gasteiger partial charge in [0.1, 0.15) is 0 Å². The maximum Gasteiger partial charge on any atom is 0.160 e. The summed E-state index contributed by atoms with van der Waals surface area (Å²) in [7, 11) is 0. The van der Waals surface area contributed by atoms with Gasteiger partial charge in [0.25, 0.3) is 0 Å². The summed E-state index contributed by atoms with van der Waals surface area (Å²) in [6, 6.07) is 0. The molecule has 1 aliphatic rings. The third-order valence-electron chi connectivity index (χ3n) is 1.66.